The number of aryl methyl sites for hydroxylation is 2. The van der Waals surface area contributed by atoms with Crippen molar-refractivity contribution in [2.45, 2.75) is 79.0 Å². The maximum absolute atomic E-state index is 11.1. The second-order valence-corrected chi connectivity index (χ2v) is 13.5. The summed E-state index contributed by atoms with van der Waals surface area (Å²) < 4.78 is 100.0. The van der Waals surface area contributed by atoms with Crippen molar-refractivity contribution >= 4 is 40.5 Å². The highest BCUT2D eigenvalue weighted by atomic mass is 32.2. The van der Waals surface area contributed by atoms with Crippen molar-refractivity contribution in [1.29, 1.82) is 0 Å². The molecule has 2 rings (SSSR count). The van der Waals surface area contributed by atoms with Gasteiger partial charge in [0, 0.05) is 0 Å². The van der Waals surface area contributed by atoms with Crippen molar-refractivity contribution in [2.24, 2.45) is 0 Å². The van der Waals surface area contributed by atoms with Gasteiger partial charge >= 0.3 is 0 Å². The lowest BCUT2D eigenvalue weighted by Gasteiger charge is -2.00. The molecular weight excluding hydrogens is 657 g/mol. The Morgan fingerprint density at radius 3 is 0.659 bits per heavy atom. The van der Waals surface area contributed by atoms with Crippen molar-refractivity contribution < 1.29 is 50.4 Å². The molecule has 0 atom stereocenters. The average molecular weight is 713 g/mol. The van der Waals surface area contributed by atoms with E-state index in [4.69, 9.17) is 0 Å². The van der Waals surface area contributed by atoms with Gasteiger partial charge in [-0.1, -0.05) is 90.8 Å². The van der Waals surface area contributed by atoms with Gasteiger partial charge in [-0.05, 0) is 38.1 Å². The first kappa shape index (κ1) is 54.6. The van der Waals surface area contributed by atoms with Gasteiger partial charge < -0.3 is 0 Å². The third kappa shape index (κ3) is 34.6. The fourth-order valence-corrected chi connectivity index (χ4v) is 2.93. The molecule has 0 aliphatic heterocycles. The smallest absolute Gasteiger partial charge is 0.274 e. The van der Waals surface area contributed by atoms with Crippen LogP contribution in [0.5, 0.6) is 0 Å². The predicted octanol–water partition coefficient (Wildman–Crippen LogP) is 5.95. The van der Waals surface area contributed by atoms with Crippen molar-refractivity contribution in [3.63, 3.8) is 0 Å². The molecule has 264 valence electrons. The highest BCUT2D eigenvalue weighted by Gasteiger charge is 2.11. The molecule has 0 heterocycles. The molecule has 0 amide bonds. The summed E-state index contributed by atoms with van der Waals surface area (Å²) in [6, 6.07) is 13.0. The van der Waals surface area contributed by atoms with Gasteiger partial charge in [0.25, 0.3) is 40.5 Å². The van der Waals surface area contributed by atoms with Crippen LogP contribution in [0.1, 0.15) is 66.5 Å². The zero-order valence-corrected chi connectivity index (χ0v) is 32.4. The summed E-state index contributed by atoms with van der Waals surface area (Å²) >= 11 is 0. The molecule has 0 saturated carbocycles. The Morgan fingerprint density at radius 2 is 0.545 bits per heavy atom. The number of hydrogen-bond acceptors (Lipinski definition) is 12. The van der Waals surface area contributed by atoms with Crippen LogP contribution in [-0.2, 0) is 57.2 Å². The second kappa shape index (κ2) is 31.1. The zero-order chi connectivity index (χ0) is 36.8. The highest BCUT2D eigenvalue weighted by molar-refractivity contribution is 7.87. The highest BCUT2D eigenvalue weighted by Crippen LogP contribution is 2.12. The molecule has 2 aromatic carbocycles. The third-order valence-electron chi connectivity index (χ3n) is 3.66. The lowest BCUT2D eigenvalue weighted by atomic mass is 10.2. The van der Waals surface area contributed by atoms with E-state index in [1.165, 1.54) is 24.3 Å². The zero-order valence-electron chi connectivity index (χ0n) is 29.2. The Bertz CT molecular complexity index is 1230. The Hall–Kier alpha value is -1.92. The molecule has 0 N–H and O–H groups in total. The topological polar surface area (TPSA) is 173 Å². The van der Waals surface area contributed by atoms with Crippen LogP contribution in [-0.4, -0.2) is 74.6 Å². The summed E-state index contributed by atoms with van der Waals surface area (Å²) in [5.41, 5.74) is 2.04. The van der Waals surface area contributed by atoms with E-state index < -0.39 is 40.5 Å². The summed E-state index contributed by atoms with van der Waals surface area (Å²) in [6.45, 7) is 19.8. The van der Waals surface area contributed by atoms with E-state index in [1.807, 2.05) is 69.2 Å². The Labute approximate surface area is 269 Å². The van der Waals surface area contributed by atoms with Gasteiger partial charge in [0.1, 0.15) is 0 Å². The molecule has 0 unspecified atom stereocenters. The number of benzene rings is 2. The first-order valence-corrected chi connectivity index (χ1v) is 19.9. The summed E-state index contributed by atoms with van der Waals surface area (Å²) in [7, 11) is -8.82. The van der Waals surface area contributed by atoms with Gasteiger partial charge in [0.15, 0.2) is 0 Å². The molecule has 0 spiro atoms. The molecule has 2 aromatic rings. The molecule has 0 saturated heterocycles. The van der Waals surface area contributed by atoms with E-state index in [2.05, 4.69) is 16.7 Å². The van der Waals surface area contributed by atoms with Crippen LogP contribution in [0.25, 0.3) is 0 Å². The van der Waals surface area contributed by atoms with E-state index >= 15 is 0 Å². The van der Waals surface area contributed by atoms with Gasteiger partial charge in [-0.2, -0.15) is 33.7 Å². The van der Waals surface area contributed by atoms with Crippen molar-refractivity contribution in [3.8, 4) is 0 Å². The molecule has 0 bridgehead atoms. The molecule has 0 aliphatic carbocycles. The Balaban J connectivity index is -0.000000105. The van der Waals surface area contributed by atoms with Crippen LogP contribution in [0.15, 0.2) is 58.3 Å². The maximum Gasteiger partial charge on any atom is 0.296 e. The normalized spacial score (nSPS) is 10.0. The molecular formula is C28H56O12S4. The van der Waals surface area contributed by atoms with Crippen LogP contribution in [0.4, 0.5) is 0 Å². The maximum atomic E-state index is 11.1. The van der Waals surface area contributed by atoms with Crippen LogP contribution in [0.3, 0.4) is 0 Å². The standard InChI is InChI=1S/2C8H10O3S.2C2H6O3S.4C2H6/c2*1-7-3-5-8(6-4-7)12(9,10)11-2;2*1-5-6(2,3)4;4*1-2/h2*3-6H,1-2H3;2*1-2H3;4*1-2H3. The minimum absolute atomic E-state index is 0.190. The third-order valence-corrected chi connectivity index (χ3v) is 7.45. The van der Waals surface area contributed by atoms with Gasteiger partial charge in [-0.25, -0.2) is 0 Å². The fourth-order valence-electron chi connectivity index (χ4n) is 1.60. The molecule has 0 fully saturated rings. The lowest BCUT2D eigenvalue weighted by Crippen LogP contribution is -2.02. The summed E-state index contributed by atoms with van der Waals surface area (Å²) in [5, 5.41) is 0. The quantitative estimate of drug-likeness (QED) is 0.323. The summed E-state index contributed by atoms with van der Waals surface area (Å²) in [6.07, 6.45) is 1.99. The molecule has 0 radical (unpaired) electrons. The first-order chi connectivity index (χ1) is 20.2. The van der Waals surface area contributed by atoms with Crippen LogP contribution in [0, 0.1) is 13.8 Å². The van der Waals surface area contributed by atoms with Crippen LogP contribution >= 0.6 is 0 Å². The predicted molar refractivity (Wildman–Crippen MR) is 180 cm³/mol. The van der Waals surface area contributed by atoms with E-state index in [0.29, 0.717) is 0 Å². The Kier molecular flexibility index (Phi) is 38.5. The largest absolute Gasteiger partial charge is 0.296 e. The number of rotatable bonds is 6. The van der Waals surface area contributed by atoms with Gasteiger partial charge in [0.05, 0.1) is 50.7 Å². The molecule has 12 nitrogen and oxygen atoms in total. The number of hydrogen-bond donors (Lipinski definition) is 0. The minimum atomic E-state index is -3.51. The van der Waals surface area contributed by atoms with Crippen molar-refractivity contribution in [3.05, 3.63) is 59.7 Å². The van der Waals surface area contributed by atoms with E-state index in [9.17, 15) is 33.7 Å². The average Bonchev–Trinajstić information content (AvgIpc) is 3.02. The molecule has 16 heteroatoms. The summed E-state index contributed by atoms with van der Waals surface area (Å²) in [4.78, 5) is 0.381. The lowest BCUT2D eigenvalue weighted by molar-refractivity contribution is 0.396. The monoisotopic (exact) mass is 712 g/mol. The van der Waals surface area contributed by atoms with Crippen LogP contribution < -0.4 is 0 Å². The SMILES string of the molecule is CC.CC.CC.CC.COS(=O)(=O)c1ccc(C)cc1.COS(=O)(=O)c1ccc(C)cc1.COS(C)(=O)=O.COS(C)(=O)=O. The molecule has 0 aromatic heterocycles. The molecule has 44 heavy (non-hydrogen) atoms. The van der Waals surface area contributed by atoms with Crippen LogP contribution in [0.2, 0.25) is 0 Å². The van der Waals surface area contributed by atoms with E-state index in [0.717, 1.165) is 52.1 Å². The van der Waals surface area contributed by atoms with E-state index in [-0.39, 0.29) is 9.79 Å². The van der Waals surface area contributed by atoms with Gasteiger partial charge in [0.2, 0.25) is 0 Å². The van der Waals surface area contributed by atoms with Crippen molar-refractivity contribution in [2.75, 3.05) is 41.0 Å². The first-order valence-electron chi connectivity index (χ1n) is 13.5. The van der Waals surface area contributed by atoms with Gasteiger partial charge in [-0.3, -0.25) is 16.7 Å². The van der Waals surface area contributed by atoms with Gasteiger partial charge in [-0.15, -0.1) is 0 Å². The van der Waals surface area contributed by atoms with E-state index in [1.54, 1.807) is 24.3 Å². The Morgan fingerprint density at radius 1 is 0.386 bits per heavy atom. The minimum Gasteiger partial charge on any atom is -0.274 e. The second-order valence-electron chi connectivity index (χ2n) is 6.61. The fraction of sp³-hybridized carbons (Fsp3) is 0.571. The van der Waals surface area contributed by atoms with Crippen molar-refractivity contribution in [1.82, 2.24) is 0 Å². The molecule has 0 aliphatic rings. The summed E-state index contributed by atoms with van der Waals surface area (Å²) in [5.74, 6) is 0.